The summed E-state index contributed by atoms with van der Waals surface area (Å²) in [6.45, 7) is 8.00. The van der Waals surface area contributed by atoms with Gasteiger partial charge in [0.15, 0.2) is 0 Å². The summed E-state index contributed by atoms with van der Waals surface area (Å²) in [5.74, 6) is 2.41. The number of rotatable bonds is 3. The van der Waals surface area contributed by atoms with Crippen molar-refractivity contribution in [3.8, 4) is 0 Å². The summed E-state index contributed by atoms with van der Waals surface area (Å²) < 4.78 is 5.56. The van der Waals surface area contributed by atoms with Crippen LogP contribution in [0.4, 0.5) is 0 Å². The third-order valence-corrected chi connectivity index (χ3v) is 4.52. The van der Waals surface area contributed by atoms with Crippen molar-refractivity contribution in [2.45, 2.75) is 53.1 Å². The molecule has 2 heteroatoms. The van der Waals surface area contributed by atoms with Gasteiger partial charge in [-0.05, 0) is 49.9 Å². The molecule has 0 radical (unpaired) electrons. The number of esters is 1. The zero-order chi connectivity index (χ0) is 12.6. The lowest BCUT2D eigenvalue weighted by Crippen LogP contribution is -2.34. The molecule has 0 N–H and O–H groups in total. The molecule has 2 bridgehead atoms. The van der Waals surface area contributed by atoms with Crippen LogP contribution in [-0.2, 0) is 9.53 Å². The summed E-state index contributed by atoms with van der Waals surface area (Å²) in [6, 6.07) is 0. The maximum atomic E-state index is 11.2. The fraction of sp³-hybridized carbons (Fsp3) is 0.800. The smallest absolute Gasteiger partial charge is 0.302 e. The van der Waals surface area contributed by atoms with Crippen LogP contribution in [0.5, 0.6) is 0 Å². The van der Waals surface area contributed by atoms with E-state index in [0.717, 1.165) is 11.8 Å². The standard InChI is InChI=1S/C15H24O2/c1-5-11-6-13-7-12(11)8-14(13)15(9(2)3)17-10(4)16/h5,9,12-15H,6-8H2,1-4H3. The predicted molar refractivity (Wildman–Crippen MR) is 68.5 cm³/mol. The molecular formula is C15H24O2. The van der Waals surface area contributed by atoms with Gasteiger partial charge in [-0.1, -0.05) is 25.5 Å². The van der Waals surface area contributed by atoms with Crippen molar-refractivity contribution in [1.82, 2.24) is 0 Å². The van der Waals surface area contributed by atoms with E-state index < -0.39 is 0 Å². The van der Waals surface area contributed by atoms with Crippen LogP contribution in [0, 0.1) is 23.7 Å². The molecular weight excluding hydrogens is 212 g/mol. The number of allylic oxidation sites excluding steroid dienone is 2. The van der Waals surface area contributed by atoms with Crippen LogP contribution in [0.1, 0.15) is 47.0 Å². The number of carbonyl (C=O) groups is 1. The van der Waals surface area contributed by atoms with Gasteiger partial charge < -0.3 is 4.74 Å². The highest BCUT2D eigenvalue weighted by Crippen LogP contribution is 2.53. The number of ether oxygens (including phenoxy) is 1. The number of hydrogen-bond acceptors (Lipinski definition) is 2. The lowest BCUT2D eigenvalue weighted by atomic mass is 9.79. The Morgan fingerprint density at radius 2 is 2.12 bits per heavy atom. The van der Waals surface area contributed by atoms with Gasteiger partial charge in [-0.15, -0.1) is 0 Å². The molecule has 17 heavy (non-hydrogen) atoms. The van der Waals surface area contributed by atoms with E-state index in [0.29, 0.717) is 11.8 Å². The Bertz CT molecular complexity index is 330. The van der Waals surface area contributed by atoms with Gasteiger partial charge in [0, 0.05) is 6.92 Å². The highest BCUT2D eigenvalue weighted by atomic mass is 16.5. The number of hydrogen-bond donors (Lipinski definition) is 0. The molecule has 0 aromatic carbocycles. The third-order valence-electron chi connectivity index (χ3n) is 4.52. The van der Waals surface area contributed by atoms with E-state index in [1.54, 1.807) is 5.57 Å². The molecule has 96 valence electrons. The van der Waals surface area contributed by atoms with Gasteiger partial charge in [0.05, 0.1) is 0 Å². The topological polar surface area (TPSA) is 26.3 Å². The van der Waals surface area contributed by atoms with Crippen molar-refractivity contribution in [3.63, 3.8) is 0 Å². The minimum Gasteiger partial charge on any atom is -0.462 e. The minimum absolute atomic E-state index is 0.126. The Morgan fingerprint density at radius 1 is 1.41 bits per heavy atom. The van der Waals surface area contributed by atoms with Crippen LogP contribution in [-0.4, -0.2) is 12.1 Å². The summed E-state index contributed by atoms with van der Waals surface area (Å²) in [5.41, 5.74) is 1.64. The second kappa shape index (κ2) is 4.83. The zero-order valence-electron chi connectivity index (χ0n) is 11.4. The molecule has 2 aliphatic carbocycles. The highest BCUT2D eigenvalue weighted by molar-refractivity contribution is 5.66. The summed E-state index contributed by atoms with van der Waals surface area (Å²) in [5, 5.41) is 0. The normalized spacial score (nSPS) is 35.6. The van der Waals surface area contributed by atoms with Crippen molar-refractivity contribution in [2.75, 3.05) is 0 Å². The molecule has 0 aromatic rings. The van der Waals surface area contributed by atoms with Gasteiger partial charge in [-0.2, -0.15) is 0 Å². The molecule has 4 atom stereocenters. The molecule has 4 unspecified atom stereocenters. The first-order valence-electron chi connectivity index (χ1n) is 6.85. The molecule has 0 spiro atoms. The molecule has 2 nitrogen and oxygen atoms in total. The second-order valence-corrected chi connectivity index (χ2v) is 5.98. The Balaban J connectivity index is 2.06. The van der Waals surface area contributed by atoms with Gasteiger partial charge in [-0.25, -0.2) is 0 Å². The number of carbonyl (C=O) groups excluding carboxylic acids is 1. The first-order valence-corrected chi connectivity index (χ1v) is 6.85. The maximum Gasteiger partial charge on any atom is 0.302 e. The molecule has 2 saturated carbocycles. The Labute approximate surface area is 104 Å². The summed E-state index contributed by atoms with van der Waals surface area (Å²) in [6.07, 6.45) is 6.18. The Morgan fingerprint density at radius 3 is 2.53 bits per heavy atom. The van der Waals surface area contributed by atoms with Crippen molar-refractivity contribution in [2.24, 2.45) is 23.7 Å². The van der Waals surface area contributed by atoms with Crippen molar-refractivity contribution in [3.05, 3.63) is 11.6 Å². The molecule has 2 aliphatic rings. The SMILES string of the molecule is CC=C1CC2CC1CC2C(OC(C)=O)C(C)C. The third kappa shape index (κ3) is 2.41. The van der Waals surface area contributed by atoms with Gasteiger partial charge in [0.25, 0.3) is 0 Å². The Kier molecular flexibility index (Phi) is 3.60. The fourth-order valence-corrected chi connectivity index (χ4v) is 3.83. The van der Waals surface area contributed by atoms with E-state index in [1.807, 2.05) is 0 Å². The highest BCUT2D eigenvalue weighted by Gasteiger charge is 2.47. The van der Waals surface area contributed by atoms with E-state index in [2.05, 4.69) is 26.8 Å². The van der Waals surface area contributed by atoms with Gasteiger partial charge in [0.2, 0.25) is 0 Å². The van der Waals surface area contributed by atoms with E-state index in [9.17, 15) is 4.79 Å². The first-order chi connectivity index (χ1) is 8.02. The van der Waals surface area contributed by atoms with E-state index in [4.69, 9.17) is 4.74 Å². The van der Waals surface area contributed by atoms with Crippen LogP contribution in [0.3, 0.4) is 0 Å². The first kappa shape index (κ1) is 12.7. The van der Waals surface area contributed by atoms with Gasteiger partial charge in [-0.3, -0.25) is 4.79 Å². The van der Waals surface area contributed by atoms with E-state index in [-0.39, 0.29) is 12.1 Å². The van der Waals surface area contributed by atoms with Crippen LogP contribution in [0.15, 0.2) is 11.6 Å². The van der Waals surface area contributed by atoms with Gasteiger partial charge in [0.1, 0.15) is 6.10 Å². The monoisotopic (exact) mass is 236 g/mol. The van der Waals surface area contributed by atoms with Crippen LogP contribution in [0.2, 0.25) is 0 Å². The maximum absolute atomic E-state index is 11.2. The molecule has 0 amide bonds. The van der Waals surface area contributed by atoms with Crippen molar-refractivity contribution in [1.29, 1.82) is 0 Å². The summed E-state index contributed by atoms with van der Waals surface area (Å²) in [7, 11) is 0. The molecule has 2 fully saturated rings. The Hall–Kier alpha value is -0.790. The van der Waals surface area contributed by atoms with Crippen LogP contribution < -0.4 is 0 Å². The van der Waals surface area contributed by atoms with E-state index in [1.165, 1.54) is 26.2 Å². The molecule has 0 saturated heterocycles. The second-order valence-electron chi connectivity index (χ2n) is 5.98. The van der Waals surface area contributed by atoms with Crippen molar-refractivity contribution < 1.29 is 9.53 Å². The van der Waals surface area contributed by atoms with Crippen molar-refractivity contribution >= 4 is 5.97 Å². The fourth-order valence-electron chi connectivity index (χ4n) is 3.83. The van der Waals surface area contributed by atoms with Crippen LogP contribution >= 0.6 is 0 Å². The quantitative estimate of drug-likeness (QED) is 0.553. The zero-order valence-corrected chi connectivity index (χ0v) is 11.4. The molecule has 0 aromatic heterocycles. The van der Waals surface area contributed by atoms with Gasteiger partial charge >= 0.3 is 5.97 Å². The predicted octanol–water partition coefficient (Wildman–Crippen LogP) is 3.57. The minimum atomic E-state index is -0.127. The summed E-state index contributed by atoms with van der Waals surface area (Å²) in [4.78, 5) is 11.2. The average molecular weight is 236 g/mol. The molecule has 2 rings (SSSR count). The summed E-state index contributed by atoms with van der Waals surface area (Å²) >= 11 is 0. The largest absolute Gasteiger partial charge is 0.462 e. The van der Waals surface area contributed by atoms with Crippen LogP contribution in [0.25, 0.3) is 0 Å². The lowest BCUT2D eigenvalue weighted by Gasteiger charge is -2.33. The average Bonchev–Trinajstić information content (AvgIpc) is 2.83. The molecule has 0 aliphatic heterocycles. The molecule has 0 heterocycles. The number of fused-ring (bicyclic) bond motifs is 2. The lowest BCUT2D eigenvalue weighted by molar-refractivity contribution is -0.153. The van der Waals surface area contributed by atoms with E-state index >= 15 is 0 Å².